The van der Waals surface area contributed by atoms with E-state index in [-0.39, 0.29) is 47.1 Å². The van der Waals surface area contributed by atoms with E-state index in [1.54, 1.807) is 30.3 Å². The monoisotopic (exact) mass is 739 g/mol. The Hall–Kier alpha value is -5.73. The molecule has 2 fully saturated rings. The van der Waals surface area contributed by atoms with E-state index in [1.807, 2.05) is 85.8 Å². The smallest absolute Gasteiger partial charge is 0.238 e. The van der Waals surface area contributed by atoms with Crippen molar-refractivity contribution in [3.05, 3.63) is 142 Å². The number of ketones is 2. The molecule has 0 bridgehead atoms. The van der Waals surface area contributed by atoms with Crippen LogP contribution in [0.4, 0.5) is 5.69 Å². The van der Waals surface area contributed by atoms with Gasteiger partial charge in [-0.2, -0.15) is 0 Å². The summed E-state index contributed by atoms with van der Waals surface area (Å²) in [5.41, 5.74) is 3.02. The SMILES string of the molecule is COc1cc(C=CC2C3=CCC4C(=O)N(c5ccc(C)c(Cl)c5)C(=O)C4C3CC3C(=O)C(c4ccccc4)=CC(=O)C23c2ccccc2)cc(OC)c1O. The molecule has 6 unspecified atom stereocenters. The number of carbonyl (C=O) groups is 4. The van der Waals surface area contributed by atoms with Gasteiger partial charge < -0.3 is 14.6 Å². The summed E-state index contributed by atoms with van der Waals surface area (Å²) in [7, 11) is 2.89. The Morgan fingerprint density at radius 2 is 1.52 bits per heavy atom. The van der Waals surface area contributed by atoms with E-state index in [4.69, 9.17) is 21.1 Å². The fraction of sp³-hybridized carbons (Fsp3) is 0.244. The van der Waals surface area contributed by atoms with Gasteiger partial charge in [0, 0.05) is 22.4 Å². The van der Waals surface area contributed by atoms with Gasteiger partial charge in [0.25, 0.3) is 0 Å². The van der Waals surface area contributed by atoms with E-state index in [0.29, 0.717) is 39.4 Å². The molecule has 1 N–H and O–H groups in total. The summed E-state index contributed by atoms with van der Waals surface area (Å²) in [5.74, 6) is -4.21. The molecule has 4 aliphatic rings. The summed E-state index contributed by atoms with van der Waals surface area (Å²) >= 11 is 6.47. The molecule has 0 radical (unpaired) electrons. The molecule has 6 atom stereocenters. The largest absolute Gasteiger partial charge is 0.502 e. The average molecular weight is 740 g/mol. The number of amides is 2. The van der Waals surface area contributed by atoms with Crippen LogP contribution in [0.2, 0.25) is 5.02 Å². The highest BCUT2D eigenvalue weighted by molar-refractivity contribution is 6.33. The third-order valence-electron chi connectivity index (χ3n) is 11.8. The van der Waals surface area contributed by atoms with Crippen molar-refractivity contribution in [2.75, 3.05) is 19.1 Å². The van der Waals surface area contributed by atoms with E-state index in [2.05, 4.69) is 0 Å². The number of anilines is 1. The summed E-state index contributed by atoms with van der Waals surface area (Å²) in [5, 5.41) is 11.1. The van der Waals surface area contributed by atoms with Gasteiger partial charge in [0.1, 0.15) is 0 Å². The van der Waals surface area contributed by atoms with Crippen LogP contribution in [0.3, 0.4) is 0 Å². The molecule has 1 saturated carbocycles. The predicted molar refractivity (Wildman–Crippen MR) is 206 cm³/mol. The minimum Gasteiger partial charge on any atom is -0.502 e. The molecule has 4 aromatic rings. The van der Waals surface area contributed by atoms with E-state index >= 15 is 9.59 Å². The van der Waals surface area contributed by atoms with Gasteiger partial charge in [-0.15, -0.1) is 0 Å². The van der Waals surface area contributed by atoms with Crippen LogP contribution < -0.4 is 14.4 Å². The zero-order chi connectivity index (χ0) is 37.9. The fourth-order valence-corrected chi connectivity index (χ4v) is 9.49. The summed E-state index contributed by atoms with van der Waals surface area (Å²) in [6, 6.07) is 27.1. The molecule has 4 aromatic carbocycles. The number of carbonyl (C=O) groups excluding carboxylic acids is 4. The fourth-order valence-electron chi connectivity index (χ4n) is 9.31. The number of hydrogen-bond acceptors (Lipinski definition) is 7. The van der Waals surface area contributed by atoms with Crippen LogP contribution in [0.15, 0.2) is 115 Å². The zero-order valence-electron chi connectivity index (χ0n) is 30.0. The van der Waals surface area contributed by atoms with Crippen molar-refractivity contribution in [3.8, 4) is 17.2 Å². The van der Waals surface area contributed by atoms with Gasteiger partial charge in [-0.3, -0.25) is 19.2 Å². The standard InChI is InChI=1S/C45H38ClNO7/c1-25-14-16-29(22-36(25)46)47-43(51)31-18-17-30-33(40(31)44(47)52)23-35-41(49)32(27-10-6-4-7-11-27)24-39(48)45(35,28-12-8-5-9-13-28)34(30)19-15-26-20-37(53-2)42(50)38(21-26)54-3/h4-17,19-22,24,31,33-35,40,50H,18,23H2,1-3H3. The number of aryl methyl sites for hydroxylation is 1. The number of rotatable bonds is 7. The van der Waals surface area contributed by atoms with Crippen LogP contribution in [0.25, 0.3) is 11.6 Å². The van der Waals surface area contributed by atoms with Crippen molar-refractivity contribution >= 4 is 52.3 Å². The van der Waals surface area contributed by atoms with E-state index in [0.717, 1.165) is 11.1 Å². The van der Waals surface area contributed by atoms with Gasteiger partial charge >= 0.3 is 0 Å². The van der Waals surface area contributed by atoms with Crippen LogP contribution in [0, 0.1) is 36.5 Å². The van der Waals surface area contributed by atoms with Crippen molar-refractivity contribution in [3.63, 3.8) is 0 Å². The van der Waals surface area contributed by atoms with Gasteiger partial charge in [-0.05, 0) is 78.3 Å². The van der Waals surface area contributed by atoms with Crippen LogP contribution in [-0.4, -0.2) is 42.7 Å². The Balaban J connectivity index is 1.33. The molecule has 1 saturated heterocycles. The van der Waals surface area contributed by atoms with Gasteiger partial charge in [0.15, 0.2) is 23.1 Å². The van der Waals surface area contributed by atoms with Crippen LogP contribution in [0.1, 0.15) is 35.1 Å². The molecule has 8 rings (SSSR count). The number of phenols is 1. The number of fused-ring (bicyclic) bond motifs is 4. The van der Waals surface area contributed by atoms with E-state index < -0.39 is 35.0 Å². The number of methoxy groups -OCH3 is 2. The van der Waals surface area contributed by atoms with Gasteiger partial charge in [0.05, 0.1) is 37.2 Å². The van der Waals surface area contributed by atoms with Crippen molar-refractivity contribution in [1.29, 1.82) is 0 Å². The van der Waals surface area contributed by atoms with E-state index in [1.165, 1.54) is 25.2 Å². The molecule has 1 heterocycles. The molecule has 0 spiro atoms. The Morgan fingerprint density at radius 1 is 0.852 bits per heavy atom. The normalized spacial score (nSPS) is 26.2. The first kappa shape index (κ1) is 35.3. The number of halogens is 1. The average Bonchev–Trinajstić information content (AvgIpc) is 3.45. The van der Waals surface area contributed by atoms with Crippen molar-refractivity contribution in [1.82, 2.24) is 0 Å². The molecular formula is C45H38ClNO7. The summed E-state index contributed by atoms with van der Waals surface area (Å²) < 4.78 is 10.9. The third-order valence-corrected chi connectivity index (χ3v) is 12.2. The molecule has 54 heavy (non-hydrogen) atoms. The first-order valence-corrected chi connectivity index (χ1v) is 18.4. The first-order chi connectivity index (χ1) is 26.1. The Kier molecular flexibility index (Phi) is 8.89. The van der Waals surface area contributed by atoms with Crippen molar-refractivity contribution < 1.29 is 33.8 Å². The molecule has 9 heteroatoms. The van der Waals surface area contributed by atoms with Gasteiger partial charge in [-0.1, -0.05) is 102 Å². The molecule has 3 aliphatic carbocycles. The lowest BCUT2D eigenvalue weighted by atomic mass is 9.45. The molecule has 1 aliphatic heterocycles. The topological polar surface area (TPSA) is 110 Å². The third kappa shape index (κ3) is 5.34. The van der Waals surface area contributed by atoms with Crippen LogP contribution in [0.5, 0.6) is 17.2 Å². The Bertz CT molecular complexity index is 2290. The first-order valence-electron chi connectivity index (χ1n) is 18.0. The Morgan fingerprint density at radius 3 is 2.17 bits per heavy atom. The number of aromatic hydroxyl groups is 1. The van der Waals surface area contributed by atoms with Gasteiger partial charge in [0.2, 0.25) is 17.6 Å². The van der Waals surface area contributed by atoms with Crippen LogP contribution in [-0.2, 0) is 24.6 Å². The maximum Gasteiger partial charge on any atom is 0.238 e. The van der Waals surface area contributed by atoms with E-state index in [9.17, 15) is 14.7 Å². The number of hydrogen-bond donors (Lipinski definition) is 1. The highest BCUT2D eigenvalue weighted by Crippen LogP contribution is 2.61. The predicted octanol–water partition coefficient (Wildman–Crippen LogP) is 7.95. The number of ether oxygens (including phenoxy) is 2. The quantitative estimate of drug-likeness (QED) is 0.151. The molecule has 8 nitrogen and oxygen atoms in total. The highest BCUT2D eigenvalue weighted by atomic mass is 35.5. The lowest BCUT2D eigenvalue weighted by molar-refractivity contribution is -0.135. The number of Topliss-reactive ketones (excluding diaryl/α,β-unsaturated/α-hetero) is 1. The highest BCUT2D eigenvalue weighted by Gasteiger charge is 2.65. The summed E-state index contributed by atoms with van der Waals surface area (Å²) in [6.07, 6.45) is 7.77. The molecular weight excluding hydrogens is 702 g/mol. The maximum atomic E-state index is 15.2. The minimum atomic E-state index is -1.36. The second kappa shape index (κ2) is 13.6. The minimum absolute atomic E-state index is 0.146. The van der Waals surface area contributed by atoms with Gasteiger partial charge in [-0.25, -0.2) is 4.90 Å². The second-order valence-corrected chi connectivity index (χ2v) is 14.8. The second-order valence-electron chi connectivity index (χ2n) is 14.4. The van der Waals surface area contributed by atoms with Crippen LogP contribution >= 0.6 is 11.6 Å². The summed E-state index contributed by atoms with van der Waals surface area (Å²) in [4.78, 5) is 60.2. The van der Waals surface area contributed by atoms with Crippen molar-refractivity contribution in [2.45, 2.75) is 25.2 Å². The number of phenolic OH excluding ortho intramolecular Hbond substituents is 1. The zero-order valence-corrected chi connectivity index (χ0v) is 30.7. The number of nitrogens with zero attached hydrogens (tertiary/aromatic N) is 1. The Labute approximate surface area is 318 Å². The lowest BCUT2D eigenvalue weighted by Crippen LogP contribution is -2.59. The molecule has 0 aromatic heterocycles. The maximum absolute atomic E-state index is 15.2. The number of allylic oxidation sites excluding steroid dienone is 5. The lowest BCUT2D eigenvalue weighted by Gasteiger charge is -2.54. The number of benzene rings is 4. The van der Waals surface area contributed by atoms with Crippen molar-refractivity contribution in [2.24, 2.45) is 29.6 Å². The molecule has 272 valence electrons. The summed E-state index contributed by atoms with van der Waals surface area (Å²) in [6.45, 7) is 1.86. The number of imide groups is 1. The molecule has 2 amide bonds.